The summed E-state index contributed by atoms with van der Waals surface area (Å²) in [4.78, 5) is 13.1. The zero-order valence-electron chi connectivity index (χ0n) is 10.1. The average Bonchev–Trinajstić information content (AvgIpc) is 2.74. The minimum Gasteiger partial charge on any atom is -0.299 e. The third kappa shape index (κ3) is 4.22. The van der Waals surface area contributed by atoms with Gasteiger partial charge >= 0.3 is 0 Å². The predicted octanol–water partition coefficient (Wildman–Crippen LogP) is 4.98. The number of halogens is 1. The fourth-order valence-electron chi connectivity index (χ4n) is 2.56. The predicted molar refractivity (Wildman–Crippen MR) is 76.5 cm³/mol. The van der Waals surface area contributed by atoms with E-state index in [0.29, 0.717) is 12.2 Å². The lowest BCUT2D eigenvalue weighted by atomic mass is 9.85. The number of thiophene rings is 1. The molecular formula is C14H19BrOS. The van der Waals surface area contributed by atoms with Crippen molar-refractivity contribution in [2.24, 2.45) is 5.92 Å². The maximum atomic E-state index is 11.9. The van der Waals surface area contributed by atoms with Crippen LogP contribution in [0.3, 0.4) is 0 Å². The summed E-state index contributed by atoms with van der Waals surface area (Å²) >= 11 is 5.15. The van der Waals surface area contributed by atoms with E-state index in [0.717, 1.165) is 23.2 Å². The molecule has 0 saturated heterocycles. The standard InChI is InChI=1S/C14H19BrOS/c15-13-8-9-17-14(13)10-12(16)7-6-11-4-2-1-3-5-11/h8-9,11H,1-7,10H2. The van der Waals surface area contributed by atoms with Gasteiger partial charge in [-0.2, -0.15) is 0 Å². The van der Waals surface area contributed by atoms with E-state index in [9.17, 15) is 4.79 Å². The second-order valence-electron chi connectivity index (χ2n) is 4.95. The summed E-state index contributed by atoms with van der Waals surface area (Å²) in [5.41, 5.74) is 0. The van der Waals surface area contributed by atoms with E-state index in [1.165, 1.54) is 37.0 Å². The Bertz CT molecular complexity index is 366. The average molecular weight is 315 g/mol. The molecule has 0 aromatic carbocycles. The highest BCUT2D eigenvalue weighted by atomic mass is 79.9. The molecule has 0 aliphatic heterocycles. The third-order valence-electron chi connectivity index (χ3n) is 3.60. The first kappa shape index (κ1) is 13.3. The minimum atomic E-state index is 0.402. The Morgan fingerprint density at radius 1 is 1.35 bits per heavy atom. The van der Waals surface area contributed by atoms with Crippen molar-refractivity contribution in [1.29, 1.82) is 0 Å². The van der Waals surface area contributed by atoms with Crippen LogP contribution in [0.2, 0.25) is 0 Å². The van der Waals surface area contributed by atoms with Gasteiger partial charge in [-0.25, -0.2) is 0 Å². The first-order valence-electron chi connectivity index (χ1n) is 6.49. The molecule has 0 bridgehead atoms. The smallest absolute Gasteiger partial charge is 0.138 e. The van der Waals surface area contributed by atoms with Crippen LogP contribution in [0.15, 0.2) is 15.9 Å². The zero-order chi connectivity index (χ0) is 12.1. The number of hydrogen-bond acceptors (Lipinski definition) is 2. The summed E-state index contributed by atoms with van der Waals surface area (Å²) in [6, 6.07) is 2.02. The van der Waals surface area contributed by atoms with E-state index in [-0.39, 0.29) is 0 Å². The Labute approximate surface area is 116 Å². The van der Waals surface area contributed by atoms with E-state index in [2.05, 4.69) is 15.9 Å². The Hall–Kier alpha value is -0.150. The molecule has 1 heterocycles. The highest BCUT2D eigenvalue weighted by Crippen LogP contribution is 2.28. The van der Waals surface area contributed by atoms with Gasteiger partial charge < -0.3 is 0 Å². The molecule has 0 N–H and O–H groups in total. The van der Waals surface area contributed by atoms with E-state index in [1.54, 1.807) is 11.3 Å². The fraction of sp³-hybridized carbons (Fsp3) is 0.643. The summed E-state index contributed by atoms with van der Waals surface area (Å²) in [6.45, 7) is 0. The fourth-order valence-corrected chi connectivity index (χ4v) is 4.08. The largest absolute Gasteiger partial charge is 0.299 e. The molecule has 0 spiro atoms. The number of hydrogen-bond donors (Lipinski definition) is 0. The van der Waals surface area contributed by atoms with E-state index >= 15 is 0 Å². The molecule has 94 valence electrons. The van der Waals surface area contributed by atoms with Crippen LogP contribution < -0.4 is 0 Å². The van der Waals surface area contributed by atoms with Crippen molar-refractivity contribution in [2.45, 2.75) is 51.4 Å². The van der Waals surface area contributed by atoms with Crippen LogP contribution >= 0.6 is 27.3 Å². The van der Waals surface area contributed by atoms with Crippen LogP contribution in [0, 0.1) is 5.92 Å². The molecule has 1 fully saturated rings. The Kier molecular flexibility index (Phi) is 5.23. The topological polar surface area (TPSA) is 17.1 Å². The number of rotatable bonds is 5. The van der Waals surface area contributed by atoms with Gasteiger partial charge in [0.15, 0.2) is 0 Å². The zero-order valence-corrected chi connectivity index (χ0v) is 12.5. The van der Waals surface area contributed by atoms with Crippen molar-refractivity contribution in [3.8, 4) is 0 Å². The second-order valence-corrected chi connectivity index (χ2v) is 6.80. The Morgan fingerprint density at radius 3 is 2.76 bits per heavy atom. The van der Waals surface area contributed by atoms with Gasteiger partial charge in [0, 0.05) is 22.2 Å². The summed E-state index contributed by atoms with van der Waals surface area (Å²) < 4.78 is 1.09. The van der Waals surface area contributed by atoms with Crippen molar-refractivity contribution in [1.82, 2.24) is 0 Å². The monoisotopic (exact) mass is 314 g/mol. The van der Waals surface area contributed by atoms with Gasteiger partial charge in [0.05, 0.1) is 0 Å². The van der Waals surface area contributed by atoms with Gasteiger partial charge in [-0.05, 0) is 39.7 Å². The molecule has 1 aliphatic rings. The van der Waals surface area contributed by atoms with Crippen molar-refractivity contribution < 1.29 is 4.79 Å². The number of carbonyl (C=O) groups excluding carboxylic acids is 1. The molecule has 1 saturated carbocycles. The van der Waals surface area contributed by atoms with E-state index < -0.39 is 0 Å². The molecule has 2 rings (SSSR count). The molecule has 0 unspecified atom stereocenters. The lowest BCUT2D eigenvalue weighted by Crippen LogP contribution is -2.10. The highest BCUT2D eigenvalue weighted by Gasteiger charge is 2.15. The lowest BCUT2D eigenvalue weighted by molar-refractivity contribution is -0.118. The van der Waals surface area contributed by atoms with Gasteiger partial charge in [0.25, 0.3) is 0 Å². The molecule has 1 nitrogen and oxygen atoms in total. The normalized spacial score (nSPS) is 17.2. The highest BCUT2D eigenvalue weighted by molar-refractivity contribution is 9.10. The van der Waals surface area contributed by atoms with Gasteiger partial charge in [-0.15, -0.1) is 11.3 Å². The summed E-state index contributed by atoms with van der Waals surface area (Å²) in [5.74, 6) is 1.22. The van der Waals surface area contributed by atoms with Crippen molar-refractivity contribution in [2.75, 3.05) is 0 Å². The van der Waals surface area contributed by atoms with Crippen LogP contribution in [0.1, 0.15) is 49.8 Å². The molecule has 1 aliphatic carbocycles. The van der Waals surface area contributed by atoms with Crippen LogP contribution in [-0.4, -0.2) is 5.78 Å². The van der Waals surface area contributed by atoms with Gasteiger partial charge in [-0.1, -0.05) is 32.1 Å². The van der Waals surface area contributed by atoms with Gasteiger partial charge in [0.1, 0.15) is 5.78 Å². The quantitative estimate of drug-likeness (QED) is 0.748. The Morgan fingerprint density at radius 2 is 2.12 bits per heavy atom. The van der Waals surface area contributed by atoms with Crippen molar-refractivity contribution >= 4 is 33.0 Å². The van der Waals surface area contributed by atoms with Crippen LogP contribution in [0.25, 0.3) is 0 Å². The molecule has 0 atom stereocenters. The van der Waals surface area contributed by atoms with Crippen LogP contribution in [-0.2, 0) is 11.2 Å². The molecule has 0 amide bonds. The maximum absolute atomic E-state index is 11.9. The Balaban J connectivity index is 1.72. The lowest BCUT2D eigenvalue weighted by Gasteiger charge is -2.20. The third-order valence-corrected chi connectivity index (χ3v) is 5.53. The molecule has 1 aromatic heterocycles. The van der Waals surface area contributed by atoms with Crippen molar-refractivity contribution in [3.63, 3.8) is 0 Å². The molecule has 17 heavy (non-hydrogen) atoms. The van der Waals surface area contributed by atoms with Gasteiger partial charge in [0.2, 0.25) is 0 Å². The number of Topliss-reactive ketones (excluding diaryl/α,β-unsaturated/α-hetero) is 1. The van der Waals surface area contributed by atoms with Crippen molar-refractivity contribution in [3.05, 3.63) is 20.8 Å². The molecular weight excluding hydrogens is 296 g/mol. The minimum absolute atomic E-state index is 0.402. The maximum Gasteiger partial charge on any atom is 0.138 e. The van der Waals surface area contributed by atoms with Crippen LogP contribution in [0.4, 0.5) is 0 Å². The summed E-state index contributed by atoms with van der Waals surface area (Å²) in [5, 5.41) is 2.04. The van der Waals surface area contributed by atoms with E-state index in [1.807, 2.05) is 11.4 Å². The molecule has 3 heteroatoms. The number of ketones is 1. The SMILES string of the molecule is O=C(CCC1CCCCC1)Cc1sccc1Br. The van der Waals surface area contributed by atoms with Crippen LogP contribution in [0.5, 0.6) is 0 Å². The first-order valence-corrected chi connectivity index (χ1v) is 8.16. The molecule has 0 radical (unpaired) electrons. The second kappa shape index (κ2) is 6.69. The first-order chi connectivity index (χ1) is 8.25. The van der Waals surface area contributed by atoms with Gasteiger partial charge in [-0.3, -0.25) is 4.79 Å². The summed E-state index contributed by atoms with van der Waals surface area (Å²) in [6.07, 6.45) is 9.32. The van der Waals surface area contributed by atoms with E-state index in [4.69, 9.17) is 0 Å². The molecule has 1 aromatic rings. The number of carbonyl (C=O) groups is 1. The summed E-state index contributed by atoms with van der Waals surface area (Å²) in [7, 11) is 0.